The Labute approximate surface area is 149 Å². The van der Waals surface area contributed by atoms with E-state index in [0.717, 1.165) is 33.1 Å². The van der Waals surface area contributed by atoms with Gasteiger partial charge in [-0.05, 0) is 36.8 Å². The van der Waals surface area contributed by atoms with E-state index in [2.05, 4.69) is 21.4 Å². The molecule has 2 heterocycles. The number of hydrogen-bond donors (Lipinski definition) is 2. The number of hydrogen-bond acceptors (Lipinski definition) is 2. The van der Waals surface area contributed by atoms with Crippen molar-refractivity contribution in [2.75, 3.05) is 0 Å². The number of aryl methyl sites for hydroxylation is 1. The summed E-state index contributed by atoms with van der Waals surface area (Å²) in [5.74, 6) is -0.188. The lowest BCUT2D eigenvalue weighted by Crippen LogP contribution is -2.22. The van der Waals surface area contributed by atoms with Crippen LogP contribution in [0.2, 0.25) is 5.02 Å². The number of nitrogens with one attached hydrogen (secondary N) is 2. The molecule has 25 heavy (non-hydrogen) atoms. The quantitative estimate of drug-likeness (QED) is 0.567. The van der Waals surface area contributed by atoms with Crippen molar-refractivity contribution >= 4 is 39.3 Å². The number of aromatic amines is 1. The zero-order valence-corrected chi connectivity index (χ0v) is 14.4. The molecule has 4 nitrogen and oxygen atoms in total. The van der Waals surface area contributed by atoms with Gasteiger partial charge in [-0.15, -0.1) is 0 Å². The number of carbonyl (C=O) groups is 1. The predicted molar refractivity (Wildman–Crippen MR) is 101 cm³/mol. The van der Waals surface area contributed by atoms with Crippen molar-refractivity contribution in [3.63, 3.8) is 0 Å². The SMILES string of the molecule is Cc1ccc2ccc3cc(C(=O)NCc4ccc(Cl)cc4)nc3c2[nH]1. The van der Waals surface area contributed by atoms with Gasteiger partial charge in [-0.1, -0.05) is 41.9 Å². The van der Waals surface area contributed by atoms with E-state index in [1.54, 1.807) is 0 Å². The second-order valence-electron chi connectivity index (χ2n) is 6.06. The van der Waals surface area contributed by atoms with E-state index in [4.69, 9.17) is 11.6 Å². The van der Waals surface area contributed by atoms with Crippen LogP contribution in [0.3, 0.4) is 0 Å². The third-order valence-electron chi connectivity index (χ3n) is 4.20. The second-order valence-corrected chi connectivity index (χ2v) is 6.50. The molecule has 2 aromatic heterocycles. The molecule has 2 N–H and O–H groups in total. The van der Waals surface area contributed by atoms with Gasteiger partial charge in [-0.3, -0.25) is 4.79 Å². The lowest BCUT2D eigenvalue weighted by molar-refractivity contribution is 0.0947. The van der Waals surface area contributed by atoms with E-state index in [1.165, 1.54) is 0 Å². The average Bonchev–Trinajstić information content (AvgIpc) is 3.06. The Morgan fingerprint density at radius 3 is 2.60 bits per heavy atom. The van der Waals surface area contributed by atoms with Gasteiger partial charge < -0.3 is 10.3 Å². The maximum Gasteiger partial charge on any atom is 0.270 e. The molecule has 0 fully saturated rings. The molecule has 124 valence electrons. The molecule has 4 aromatic rings. The molecule has 0 saturated carbocycles. The number of halogens is 1. The number of nitrogens with zero attached hydrogens (tertiary/aromatic N) is 1. The minimum absolute atomic E-state index is 0.188. The number of carbonyl (C=O) groups excluding carboxylic acids is 1. The van der Waals surface area contributed by atoms with Gasteiger partial charge in [0.2, 0.25) is 0 Å². The minimum Gasteiger partial charge on any atom is -0.357 e. The maximum atomic E-state index is 12.4. The Balaban J connectivity index is 1.62. The molecule has 0 bridgehead atoms. The van der Waals surface area contributed by atoms with Gasteiger partial charge in [0, 0.05) is 28.0 Å². The highest BCUT2D eigenvalue weighted by Gasteiger charge is 2.13. The van der Waals surface area contributed by atoms with Crippen molar-refractivity contribution < 1.29 is 4.79 Å². The highest BCUT2D eigenvalue weighted by atomic mass is 35.5. The first-order valence-electron chi connectivity index (χ1n) is 8.02. The first-order chi connectivity index (χ1) is 12.1. The molecule has 0 aliphatic heterocycles. The summed E-state index contributed by atoms with van der Waals surface area (Å²) in [6.45, 7) is 2.44. The van der Waals surface area contributed by atoms with Crippen LogP contribution in [-0.2, 0) is 6.54 Å². The Morgan fingerprint density at radius 2 is 1.80 bits per heavy atom. The van der Waals surface area contributed by atoms with Crippen molar-refractivity contribution in [3.05, 3.63) is 76.6 Å². The van der Waals surface area contributed by atoms with E-state index >= 15 is 0 Å². The molecule has 0 saturated heterocycles. The number of benzene rings is 2. The highest BCUT2D eigenvalue weighted by molar-refractivity contribution is 6.30. The molecule has 0 radical (unpaired) electrons. The monoisotopic (exact) mass is 349 g/mol. The molecule has 5 heteroatoms. The van der Waals surface area contributed by atoms with Crippen LogP contribution in [0.5, 0.6) is 0 Å². The van der Waals surface area contributed by atoms with Crippen LogP contribution < -0.4 is 5.32 Å². The third-order valence-corrected chi connectivity index (χ3v) is 4.45. The summed E-state index contributed by atoms with van der Waals surface area (Å²) in [5, 5.41) is 5.60. The fourth-order valence-electron chi connectivity index (χ4n) is 2.88. The number of H-pyrrole nitrogens is 1. The number of pyridine rings is 1. The summed E-state index contributed by atoms with van der Waals surface area (Å²) < 4.78 is 0. The summed E-state index contributed by atoms with van der Waals surface area (Å²) in [5.41, 5.74) is 4.23. The molecular formula is C20H16ClN3O. The summed E-state index contributed by atoms with van der Waals surface area (Å²) in [6.07, 6.45) is 0. The lowest BCUT2D eigenvalue weighted by atomic mass is 10.1. The maximum absolute atomic E-state index is 12.4. The average molecular weight is 350 g/mol. The van der Waals surface area contributed by atoms with Gasteiger partial charge in [0.05, 0.1) is 11.0 Å². The Hall–Kier alpha value is -2.85. The Bertz CT molecular complexity index is 1080. The third kappa shape index (κ3) is 3.08. The van der Waals surface area contributed by atoms with Crippen molar-refractivity contribution in [1.82, 2.24) is 15.3 Å². The van der Waals surface area contributed by atoms with Gasteiger partial charge in [-0.2, -0.15) is 0 Å². The van der Waals surface area contributed by atoms with E-state index in [9.17, 15) is 4.79 Å². The smallest absolute Gasteiger partial charge is 0.270 e. The topological polar surface area (TPSA) is 57.8 Å². The van der Waals surface area contributed by atoms with Crippen LogP contribution >= 0.6 is 11.6 Å². The molecule has 0 aliphatic rings. The Morgan fingerprint density at radius 1 is 1.08 bits per heavy atom. The van der Waals surface area contributed by atoms with Crippen LogP contribution in [0.4, 0.5) is 0 Å². The standard InChI is InChI=1S/C20H16ClN3O/c1-12-2-5-14-6-7-15-10-17(24-19(15)18(14)23-12)20(25)22-11-13-3-8-16(21)9-4-13/h2-10,23H,11H2,1H3,(H,22,25). The van der Waals surface area contributed by atoms with Crippen molar-refractivity contribution in [1.29, 1.82) is 0 Å². The van der Waals surface area contributed by atoms with Gasteiger partial charge >= 0.3 is 0 Å². The van der Waals surface area contributed by atoms with Crippen LogP contribution in [-0.4, -0.2) is 15.9 Å². The largest absolute Gasteiger partial charge is 0.357 e. The fraction of sp³-hybridized carbons (Fsp3) is 0.100. The van der Waals surface area contributed by atoms with Crippen molar-refractivity contribution in [3.8, 4) is 0 Å². The molecule has 0 spiro atoms. The second kappa shape index (κ2) is 6.22. The zero-order chi connectivity index (χ0) is 17.4. The van der Waals surface area contributed by atoms with Crippen molar-refractivity contribution in [2.45, 2.75) is 13.5 Å². The van der Waals surface area contributed by atoms with Gasteiger partial charge in [0.1, 0.15) is 5.69 Å². The van der Waals surface area contributed by atoms with Crippen LogP contribution in [0, 0.1) is 6.92 Å². The number of aromatic nitrogens is 2. The first-order valence-corrected chi connectivity index (χ1v) is 8.40. The molecule has 0 atom stereocenters. The zero-order valence-electron chi connectivity index (χ0n) is 13.6. The Kier molecular flexibility index (Phi) is 3.90. The van der Waals surface area contributed by atoms with Crippen LogP contribution in [0.15, 0.2) is 54.6 Å². The predicted octanol–water partition coefficient (Wildman–Crippen LogP) is 4.61. The molecule has 0 aliphatic carbocycles. The van der Waals surface area contributed by atoms with Gasteiger partial charge in [-0.25, -0.2) is 4.98 Å². The summed E-state index contributed by atoms with van der Waals surface area (Å²) in [6, 6.07) is 17.3. The van der Waals surface area contributed by atoms with Gasteiger partial charge in [0.25, 0.3) is 5.91 Å². The molecular weight excluding hydrogens is 334 g/mol. The van der Waals surface area contributed by atoms with Gasteiger partial charge in [0.15, 0.2) is 0 Å². The molecule has 0 unspecified atom stereocenters. The van der Waals surface area contributed by atoms with E-state index in [1.807, 2.05) is 55.5 Å². The molecule has 1 amide bonds. The highest BCUT2D eigenvalue weighted by Crippen LogP contribution is 2.24. The number of amides is 1. The van der Waals surface area contributed by atoms with E-state index in [-0.39, 0.29) is 5.91 Å². The summed E-state index contributed by atoms with van der Waals surface area (Å²) in [4.78, 5) is 20.3. The fourth-order valence-corrected chi connectivity index (χ4v) is 3.00. The molecule has 4 rings (SSSR count). The summed E-state index contributed by atoms with van der Waals surface area (Å²) >= 11 is 5.87. The van der Waals surface area contributed by atoms with E-state index in [0.29, 0.717) is 17.3 Å². The molecule has 2 aromatic carbocycles. The first kappa shape index (κ1) is 15.7. The van der Waals surface area contributed by atoms with Crippen LogP contribution in [0.25, 0.3) is 21.8 Å². The summed E-state index contributed by atoms with van der Waals surface area (Å²) in [7, 11) is 0. The minimum atomic E-state index is -0.188. The van der Waals surface area contributed by atoms with Crippen molar-refractivity contribution in [2.24, 2.45) is 0 Å². The number of rotatable bonds is 3. The lowest BCUT2D eigenvalue weighted by Gasteiger charge is -2.03. The van der Waals surface area contributed by atoms with E-state index < -0.39 is 0 Å². The normalized spacial score (nSPS) is 11.1. The van der Waals surface area contributed by atoms with Crippen LogP contribution in [0.1, 0.15) is 21.7 Å². The number of fused-ring (bicyclic) bond motifs is 3.